The first-order chi connectivity index (χ1) is 9.97. The summed E-state index contributed by atoms with van der Waals surface area (Å²) in [5.41, 5.74) is 7.33. The average molecular weight is 345 g/mol. The minimum Gasteiger partial charge on any atom is -0.267 e. The van der Waals surface area contributed by atoms with E-state index in [1.54, 1.807) is 12.1 Å². The van der Waals surface area contributed by atoms with Crippen molar-refractivity contribution >= 4 is 27.5 Å². The van der Waals surface area contributed by atoms with Gasteiger partial charge in [0.05, 0.1) is 5.71 Å². The molecule has 4 heteroatoms. The van der Waals surface area contributed by atoms with Gasteiger partial charge < -0.3 is 0 Å². The summed E-state index contributed by atoms with van der Waals surface area (Å²) in [5, 5.41) is 4.20. The van der Waals surface area contributed by atoms with Crippen LogP contribution in [0.3, 0.4) is 0 Å². The summed E-state index contributed by atoms with van der Waals surface area (Å²) < 4.78 is 0.939. The fourth-order valence-corrected chi connectivity index (χ4v) is 2.25. The topological polar surface area (TPSA) is 41.5 Å². The maximum atomic E-state index is 12.0. The minimum absolute atomic E-state index is 0.216. The number of nitrogens with zero attached hydrogens (tertiary/aromatic N) is 1. The SMILES string of the molecule is C/C(=N/NC(=O)c1ccc(Br)cc1)c1cc(C)ccc1C. The second kappa shape index (κ2) is 6.68. The van der Waals surface area contributed by atoms with E-state index in [0.29, 0.717) is 5.56 Å². The molecule has 108 valence electrons. The molecule has 0 aliphatic heterocycles. The molecule has 3 nitrogen and oxygen atoms in total. The van der Waals surface area contributed by atoms with Crippen molar-refractivity contribution in [1.82, 2.24) is 5.43 Å². The third-order valence-corrected chi connectivity index (χ3v) is 3.74. The zero-order valence-corrected chi connectivity index (χ0v) is 13.9. The van der Waals surface area contributed by atoms with Crippen molar-refractivity contribution in [2.75, 3.05) is 0 Å². The number of hydrogen-bond acceptors (Lipinski definition) is 2. The van der Waals surface area contributed by atoms with Crippen LogP contribution in [0.4, 0.5) is 0 Å². The highest BCUT2D eigenvalue weighted by Crippen LogP contribution is 2.12. The van der Waals surface area contributed by atoms with Crippen LogP contribution in [0.15, 0.2) is 52.0 Å². The lowest BCUT2D eigenvalue weighted by molar-refractivity contribution is 0.0955. The lowest BCUT2D eigenvalue weighted by atomic mass is 10.0. The molecule has 0 saturated carbocycles. The van der Waals surface area contributed by atoms with Crippen molar-refractivity contribution in [2.45, 2.75) is 20.8 Å². The van der Waals surface area contributed by atoms with Crippen molar-refractivity contribution in [2.24, 2.45) is 5.10 Å². The molecular formula is C17H17BrN2O. The van der Waals surface area contributed by atoms with Gasteiger partial charge in [-0.2, -0.15) is 5.10 Å². The van der Waals surface area contributed by atoms with Gasteiger partial charge in [0.15, 0.2) is 0 Å². The normalized spacial score (nSPS) is 11.3. The predicted molar refractivity (Wildman–Crippen MR) is 89.7 cm³/mol. The standard InChI is InChI=1S/C17H17BrN2O/c1-11-4-5-12(2)16(10-11)13(3)19-20-17(21)14-6-8-15(18)9-7-14/h4-10H,1-3H3,(H,20,21)/b19-13-. The molecule has 0 atom stereocenters. The summed E-state index contributed by atoms with van der Waals surface area (Å²) in [4.78, 5) is 12.0. The number of hydrogen-bond donors (Lipinski definition) is 1. The number of halogens is 1. The zero-order valence-electron chi connectivity index (χ0n) is 12.3. The van der Waals surface area contributed by atoms with Crippen LogP contribution < -0.4 is 5.43 Å². The molecule has 0 radical (unpaired) electrons. The van der Waals surface area contributed by atoms with Gasteiger partial charge in [-0.1, -0.05) is 33.6 Å². The number of hydrazone groups is 1. The van der Waals surface area contributed by atoms with Gasteiger partial charge in [0.2, 0.25) is 0 Å². The predicted octanol–water partition coefficient (Wildman–Crippen LogP) is 4.22. The Labute approximate surface area is 133 Å². The first-order valence-electron chi connectivity index (χ1n) is 6.65. The quantitative estimate of drug-likeness (QED) is 0.657. The van der Waals surface area contributed by atoms with Crippen LogP contribution in [0.25, 0.3) is 0 Å². The van der Waals surface area contributed by atoms with Gasteiger partial charge in [0.1, 0.15) is 0 Å². The van der Waals surface area contributed by atoms with Crippen LogP contribution in [-0.4, -0.2) is 11.6 Å². The molecule has 0 aliphatic rings. The third-order valence-electron chi connectivity index (χ3n) is 3.21. The summed E-state index contributed by atoms with van der Waals surface area (Å²) in [6.07, 6.45) is 0. The lowest BCUT2D eigenvalue weighted by Crippen LogP contribution is -2.19. The number of aryl methyl sites for hydroxylation is 2. The molecule has 0 saturated heterocycles. The van der Waals surface area contributed by atoms with E-state index >= 15 is 0 Å². The molecule has 1 N–H and O–H groups in total. The second-order valence-electron chi connectivity index (χ2n) is 4.96. The number of rotatable bonds is 3. The van der Waals surface area contributed by atoms with E-state index in [0.717, 1.165) is 21.3 Å². The second-order valence-corrected chi connectivity index (χ2v) is 5.88. The van der Waals surface area contributed by atoms with Gasteiger partial charge in [-0.15, -0.1) is 0 Å². The summed E-state index contributed by atoms with van der Waals surface area (Å²) in [6.45, 7) is 5.96. The molecular weight excluding hydrogens is 328 g/mol. The molecule has 0 aliphatic carbocycles. The van der Waals surface area contributed by atoms with Gasteiger partial charge in [0, 0.05) is 15.6 Å². The number of amides is 1. The molecule has 2 rings (SSSR count). The van der Waals surface area contributed by atoms with Gasteiger partial charge in [-0.05, 0) is 56.7 Å². The van der Waals surface area contributed by atoms with Crippen molar-refractivity contribution in [1.29, 1.82) is 0 Å². The van der Waals surface area contributed by atoms with Crippen LogP contribution in [0.1, 0.15) is 34.0 Å². The van der Waals surface area contributed by atoms with E-state index < -0.39 is 0 Å². The van der Waals surface area contributed by atoms with Crippen molar-refractivity contribution in [3.63, 3.8) is 0 Å². The van der Waals surface area contributed by atoms with Crippen LogP contribution in [0.5, 0.6) is 0 Å². The summed E-state index contributed by atoms with van der Waals surface area (Å²) in [5.74, 6) is -0.216. The Kier molecular flexibility index (Phi) is 4.91. The van der Waals surface area contributed by atoms with Crippen LogP contribution >= 0.6 is 15.9 Å². The van der Waals surface area contributed by atoms with Crippen molar-refractivity contribution < 1.29 is 4.79 Å². The van der Waals surface area contributed by atoms with Gasteiger partial charge in [0.25, 0.3) is 5.91 Å². The van der Waals surface area contributed by atoms with Crippen LogP contribution in [0, 0.1) is 13.8 Å². The molecule has 0 fully saturated rings. The first-order valence-corrected chi connectivity index (χ1v) is 7.44. The maximum Gasteiger partial charge on any atom is 0.271 e. The smallest absolute Gasteiger partial charge is 0.267 e. The van der Waals surface area contributed by atoms with Crippen LogP contribution in [-0.2, 0) is 0 Å². The molecule has 1 amide bonds. The molecule has 0 bridgehead atoms. The zero-order chi connectivity index (χ0) is 15.4. The molecule has 0 heterocycles. The number of benzene rings is 2. The monoisotopic (exact) mass is 344 g/mol. The van der Waals surface area contributed by atoms with Crippen LogP contribution in [0.2, 0.25) is 0 Å². The molecule has 2 aromatic carbocycles. The fraction of sp³-hybridized carbons (Fsp3) is 0.176. The van der Waals surface area contributed by atoms with Gasteiger partial charge >= 0.3 is 0 Å². The molecule has 0 aromatic heterocycles. The van der Waals surface area contributed by atoms with E-state index in [1.807, 2.05) is 32.9 Å². The molecule has 0 unspecified atom stereocenters. The van der Waals surface area contributed by atoms with Gasteiger partial charge in [-0.25, -0.2) is 5.43 Å². The highest BCUT2D eigenvalue weighted by Gasteiger charge is 2.06. The third kappa shape index (κ3) is 4.02. The molecule has 21 heavy (non-hydrogen) atoms. The fourth-order valence-electron chi connectivity index (χ4n) is 1.99. The average Bonchev–Trinajstić information content (AvgIpc) is 2.47. The highest BCUT2D eigenvalue weighted by atomic mass is 79.9. The summed E-state index contributed by atoms with van der Waals surface area (Å²) >= 11 is 3.34. The van der Waals surface area contributed by atoms with Crippen molar-refractivity contribution in [3.8, 4) is 0 Å². The molecule has 2 aromatic rings. The Bertz CT molecular complexity index is 690. The number of nitrogens with one attached hydrogen (secondary N) is 1. The Hall–Kier alpha value is -1.94. The Morgan fingerprint density at radius 3 is 2.43 bits per heavy atom. The first kappa shape index (κ1) is 15.4. The van der Waals surface area contributed by atoms with E-state index in [4.69, 9.17) is 0 Å². The minimum atomic E-state index is -0.216. The van der Waals surface area contributed by atoms with E-state index in [9.17, 15) is 4.79 Å². The maximum absolute atomic E-state index is 12.0. The number of carbonyl (C=O) groups is 1. The summed E-state index contributed by atoms with van der Waals surface area (Å²) in [6, 6.07) is 13.4. The van der Waals surface area contributed by atoms with Crippen molar-refractivity contribution in [3.05, 3.63) is 69.2 Å². The molecule has 0 spiro atoms. The lowest BCUT2D eigenvalue weighted by Gasteiger charge is -2.07. The number of carbonyl (C=O) groups excluding carboxylic acids is 1. The van der Waals surface area contributed by atoms with E-state index in [-0.39, 0.29) is 5.91 Å². The Balaban J connectivity index is 2.14. The Morgan fingerprint density at radius 1 is 1.10 bits per heavy atom. The Morgan fingerprint density at radius 2 is 1.76 bits per heavy atom. The van der Waals surface area contributed by atoms with E-state index in [2.05, 4.69) is 44.7 Å². The largest absolute Gasteiger partial charge is 0.271 e. The van der Waals surface area contributed by atoms with E-state index in [1.165, 1.54) is 5.56 Å². The van der Waals surface area contributed by atoms with Gasteiger partial charge in [-0.3, -0.25) is 4.79 Å². The highest BCUT2D eigenvalue weighted by molar-refractivity contribution is 9.10. The summed E-state index contributed by atoms with van der Waals surface area (Å²) in [7, 11) is 0.